The van der Waals surface area contributed by atoms with Crippen LogP contribution in [0, 0.1) is 11.3 Å². The van der Waals surface area contributed by atoms with Crippen LogP contribution in [0.4, 0.5) is 0 Å². The molecule has 0 amide bonds. The van der Waals surface area contributed by atoms with Gasteiger partial charge in [-0.3, -0.25) is 4.79 Å². The molecule has 0 aliphatic heterocycles. The smallest absolute Gasteiger partial charge is 0.268 e. The first kappa shape index (κ1) is 12.9. The number of nitriles is 1. The third-order valence-corrected chi connectivity index (χ3v) is 2.94. The van der Waals surface area contributed by atoms with Crippen molar-refractivity contribution in [3.8, 4) is 11.8 Å². The molecule has 0 N–H and O–H groups in total. The number of nitrogens with zero attached hydrogens (tertiary/aromatic N) is 2. The fraction of sp³-hybridized carbons (Fsp3) is 0.200. The molecule has 0 aliphatic rings. The molecule has 0 fully saturated rings. The van der Waals surface area contributed by atoms with Crippen molar-refractivity contribution < 1.29 is 4.74 Å². The maximum absolute atomic E-state index is 11.8. The molecule has 19 heavy (non-hydrogen) atoms. The van der Waals surface area contributed by atoms with Gasteiger partial charge in [-0.15, -0.1) is 0 Å². The van der Waals surface area contributed by atoms with Crippen molar-refractivity contribution in [2.24, 2.45) is 0 Å². The normalized spacial score (nSPS) is 9.89. The molecule has 0 atom stereocenters. The summed E-state index contributed by atoms with van der Waals surface area (Å²) < 4.78 is 6.65. The van der Waals surface area contributed by atoms with Crippen molar-refractivity contribution in [1.29, 1.82) is 5.26 Å². The molecule has 4 heteroatoms. The van der Waals surface area contributed by atoms with Crippen molar-refractivity contribution in [3.63, 3.8) is 0 Å². The standard InChI is InChI=1S/C15H14N2O2/c1-19-14-6-4-12(5-7-14)8-10-17-9-2-3-13(11-16)15(17)18/h2-7,9H,8,10H2,1H3. The van der Waals surface area contributed by atoms with Crippen LogP contribution in [0.5, 0.6) is 5.75 Å². The van der Waals surface area contributed by atoms with Crippen LogP contribution in [-0.4, -0.2) is 11.7 Å². The summed E-state index contributed by atoms with van der Waals surface area (Å²) in [5.41, 5.74) is 1.06. The second-order valence-electron chi connectivity index (χ2n) is 4.13. The van der Waals surface area contributed by atoms with E-state index in [0.29, 0.717) is 6.54 Å². The van der Waals surface area contributed by atoms with Gasteiger partial charge in [-0.25, -0.2) is 0 Å². The molecule has 1 aromatic heterocycles. The van der Waals surface area contributed by atoms with Crippen LogP contribution >= 0.6 is 0 Å². The molecule has 0 saturated heterocycles. The molecule has 2 aromatic rings. The van der Waals surface area contributed by atoms with Gasteiger partial charge in [0.25, 0.3) is 5.56 Å². The van der Waals surface area contributed by atoms with Crippen LogP contribution in [0.25, 0.3) is 0 Å². The zero-order valence-corrected chi connectivity index (χ0v) is 10.7. The van der Waals surface area contributed by atoms with Crippen LogP contribution in [0.1, 0.15) is 11.1 Å². The molecular formula is C15H14N2O2. The number of aromatic nitrogens is 1. The van der Waals surface area contributed by atoms with Gasteiger partial charge < -0.3 is 9.30 Å². The maximum Gasteiger partial charge on any atom is 0.268 e. The number of aryl methyl sites for hydroxylation is 2. The van der Waals surface area contributed by atoms with Crippen LogP contribution in [0.15, 0.2) is 47.4 Å². The molecular weight excluding hydrogens is 240 g/mol. The van der Waals surface area contributed by atoms with Crippen LogP contribution in [0.3, 0.4) is 0 Å². The zero-order valence-electron chi connectivity index (χ0n) is 10.7. The lowest BCUT2D eigenvalue weighted by atomic mass is 10.1. The maximum atomic E-state index is 11.8. The van der Waals surface area contributed by atoms with Gasteiger partial charge in [0.2, 0.25) is 0 Å². The van der Waals surface area contributed by atoms with Gasteiger partial charge in [0.05, 0.1) is 7.11 Å². The summed E-state index contributed by atoms with van der Waals surface area (Å²) in [7, 11) is 1.63. The Hall–Kier alpha value is -2.54. The molecule has 0 aliphatic carbocycles. The number of rotatable bonds is 4. The van der Waals surface area contributed by atoms with Crippen LogP contribution in [-0.2, 0) is 13.0 Å². The van der Waals surface area contributed by atoms with Gasteiger partial charge in [0.1, 0.15) is 17.4 Å². The number of hydrogen-bond acceptors (Lipinski definition) is 3. The summed E-state index contributed by atoms with van der Waals surface area (Å²) in [6.45, 7) is 0.556. The molecule has 1 heterocycles. The van der Waals surface area contributed by atoms with Gasteiger partial charge in [-0.2, -0.15) is 5.26 Å². The molecule has 0 unspecified atom stereocenters. The highest BCUT2D eigenvalue weighted by Gasteiger charge is 2.02. The van der Waals surface area contributed by atoms with E-state index < -0.39 is 0 Å². The lowest BCUT2D eigenvalue weighted by Gasteiger charge is -2.06. The second kappa shape index (κ2) is 5.87. The Morgan fingerprint density at radius 2 is 2.00 bits per heavy atom. The highest BCUT2D eigenvalue weighted by molar-refractivity contribution is 5.27. The third kappa shape index (κ3) is 3.02. The predicted octanol–water partition coefficient (Wildman–Crippen LogP) is 1.97. The zero-order chi connectivity index (χ0) is 13.7. The molecule has 0 saturated carbocycles. The molecule has 1 aromatic carbocycles. The predicted molar refractivity (Wildman–Crippen MR) is 72.1 cm³/mol. The topological polar surface area (TPSA) is 55.0 Å². The summed E-state index contributed by atoms with van der Waals surface area (Å²) in [6, 6.07) is 12.9. The summed E-state index contributed by atoms with van der Waals surface area (Å²) in [5.74, 6) is 0.812. The average Bonchev–Trinajstić information content (AvgIpc) is 2.47. The van der Waals surface area contributed by atoms with Crippen LogP contribution < -0.4 is 10.3 Å². The van der Waals surface area contributed by atoms with E-state index >= 15 is 0 Å². The van der Waals surface area contributed by atoms with Gasteiger partial charge in [0.15, 0.2) is 0 Å². The van der Waals surface area contributed by atoms with Gasteiger partial charge in [0, 0.05) is 12.7 Å². The highest BCUT2D eigenvalue weighted by Crippen LogP contribution is 2.11. The molecule has 0 bridgehead atoms. The van der Waals surface area contributed by atoms with Crippen LogP contribution in [0.2, 0.25) is 0 Å². The monoisotopic (exact) mass is 254 g/mol. The Balaban J connectivity index is 2.10. The molecule has 2 rings (SSSR count). The number of pyridine rings is 1. The van der Waals surface area contributed by atoms with E-state index in [1.165, 1.54) is 6.07 Å². The summed E-state index contributed by atoms with van der Waals surface area (Å²) in [4.78, 5) is 11.8. The molecule has 0 spiro atoms. The lowest BCUT2D eigenvalue weighted by molar-refractivity contribution is 0.414. The first-order chi connectivity index (χ1) is 9.24. The fourth-order valence-electron chi connectivity index (χ4n) is 1.84. The minimum Gasteiger partial charge on any atom is -0.497 e. The number of methoxy groups -OCH3 is 1. The Bertz CT molecular complexity index is 651. The van der Waals surface area contributed by atoms with Crippen molar-refractivity contribution in [1.82, 2.24) is 4.57 Å². The quantitative estimate of drug-likeness (QED) is 0.838. The average molecular weight is 254 g/mol. The van der Waals surface area contributed by atoms with E-state index in [9.17, 15) is 4.79 Å². The summed E-state index contributed by atoms with van der Waals surface area (Å²) >= 11 is 0. The summed E-state index contributed by atoms with van der Waals surface area (Å²) in [5, 5.41) is 8.81. The third-order valence-electron chi connectivity index (χ3n) is 2.94. The van der Waals surface area contributed by atoms with Crippen molar-refractivity contribution in [2.45, 2.75) is 13.0 Å². The lowest BCUT2D eigenvalue weighted by Crippen LogP contribution is -2.22. The van der Waals surface area contributed by atoms with E-state index in [1.54, 1.807) is 23.9 Å². The molecule has 0 radical (unpaired) electrons. The fourth-order valence-corrected chi connectivity index (χ4v) is 1.84. The molecule has 4 nitrogen and oxygen atoms in total. The first-order valence-electron chi connectivity index (χ1n) is 5.97. The summed E-state index contributed by atoms with van der Waals surface area (Å²) in [6.07, 6.45) is 2.44. The Morgan fingerprint density at radius 1 is 1.26 bits per heavy atom. The largest absolute Gasteiger partial charge is 0.497 e. The highest BCUT2D eigenvalue weighted by atomic mass is 16.5. The minimum absolute atomic E-state index is 0.178. The Labute approximate surface area is 111 Å². The number of hydrogen-bond donors (Lipinski definition) is 0. The van der Waals surface area contributed by atoms with Crippen molar-refractivity contribution in [2.75, 3.05) is 7.11 Å². The Kier molecular flexibility index (Phi) is 3.99. The van der Waals surface area contributed by atoms with E-state index in [2.05, 4.69) is 0 Å². The second-order valence-corrected chi connectivity index (χ2v) is 4.13. The minimum atomic E-state index is -0.237. The van der Waals surface area contributed by atoms with Crippen molar-refractivity contribution in [3.05, 3.63) is 64.1 Å². The number of benzene rings is 1. The molecule has 96 valence electrons. The van der Waals surface area contributed by atoms with Gasteiger partial charge in [-0.1, -0.05) is 12.1 Å². The van der Waals surface area contributed by atoms with E-state index in [4.69, 9.17) is 10.00 Å². The van der Waals surface area contributed by atoms with Crippen molar-refractivity contribution >= 4 is 0 Å². The van der Waals surface area contributed by atoms with E-state index in [-0.39, 0.29) is 11.1 Å². The van der Waals surface area contributed by atoms with Gasteiger partial charge in [-0.05, 0) is 36.2 Å². The first-order valence-corrected chi connectivity index (χ1v) is 5.97. The van der Waals surface area contributed by atoms with E-state index in [1.807, 2.05) is 30.3 Å². The SMILES string of the molecule is COc1ccc(CCn2cccc(C#N)c2=O)cc1. The Morgan fingerprint density at radius 3 is 2.63 bits per heavy atom. The van der Waals surface area contributed by atoms with E-state index in [0.717, 1.165) is 17.7 Å². The van der Waals surface area contributed by atoms with Gasteiger partial charge >= 0.3 is 0 Å². The number of ether oxygens (including phenoxy) is 1.